The van der Waals surface area contributed by atoms with Gasteiger partial charge in [0.25, 0.3) is 0 Å². The maximum Gasteiger partial charge on any atom is 0.225 e. The number of fused-ring (bicyclic) bond motifs is 1. The van der Waals surface area contributed by atoms with Crippen molar-refractivity contribution in [2.75, 3.05) is 19.6 Å². The van der Waals surface area contributed by atoms with E-state index in [4.69, 9.17) is 5.73 Å². The molecule has 1 aromatic carbocycles. The zero-order valence-electron chi connectivity index (χ0n) is 11.8. The first kappa shape index (κ1) is 14.1. The number of hydrogen-bond acceptors (Lipinski definition) is 2. The Morgan fingerprint density at radius 2 is 1.84 bits per heavy atom. The Morgan fingerprint density at radius 1 is 1.26 bits per heavy atom. The molecule has 1 aliphatic rings. The van der Waals surface area contributed by atoms with Gasteiger partial charge in [-0.15, -0.1) is 0 Å². The van der Waals surface area contributed by atoms with Crippen molar-refractivity contribution in [3.05, 3.63) is 35.4 Å². The highest BCUT2D eigenvalue weighted by atomic mass is 16.2. The van der Waals surface area contributed by atoms with E-state index in [0.717, 1.165) is 38.8 Å². The average molecular weight is 260 g/mol. The van der Waals surface area contributed by atoms with E-state index < -0.39 is 0 Å². The van der Waals surface area contributed by atoms with Gasteiger partial charge in [-0.25, -0.2) is 0 Å². The van der Waals surface area contributed by atoms with Gasteiger partial charge in [0.05, 0.1) is 0 Å². The number of benzene rings is 1. The summed E-state index contributed by atoms with van der Waals surface area (Å²) in [5.41, 5.74) is 8.30. The number of nitrogens with two attached hydrogens (primary N) is 1. The van der Waals surface area contributed by atoms with E-state index in [1.807, 2.05) is 11.8 Å². The molecule has 3 nitrogen and oxygen atoms in total. The summed E-state index contributed by atoms with van der Waals surface area (Å²) in [5, 5.41) is 0. The van der Waals surface area contributed by atoms with Crippen LogP contribution < -0.4 is 5.73 Å². The van der Waals surface area contributed by atoms with E-state index in [2.05, 4.69) is 24.3 Å². The molecule has 0 radical (unpaired) electrons. The maximum atomic E-state index is 12.4. The molecule has 0 bridgehead atoms. The van der Waals surface area contributed by atoms with Crippen LogP contribution in [0.2, 0.25) is 0 Å². The van der Waals surface area contributed by atoms with Crippen LogP contribution in [0.3, 0.4) is 0 Å². The predicted molar refractivity (Wildman–Crippen MR) is 77.9 cm³/mol. The lowest BCUT2D eigenvalue weighted by atomic mass is 10.0. The van der Waals surface area contributed by atoms with Crippen molar-refractivity contribution < 1.29 is 4.79 Å². The molecule has 0 saturated carbocycles. The topological polar surface area (TPSA) is 46.3 Å². The average Bonchev–Trinajstić information content (AvgIpc) is 2.66. The third-order valence-electron chi connectivity index (χ3n) is 4.00. The molecule has 1 unspecified atom stereocenters. The van der Waals surface area contributed by atoms with E-state index >= 15 is 0 Å². The molecule has 104 valence electrons. The molecule has 1 aliphatic heterocycles. The third kappa shape index (κ3) is 3.57. The van der Waals surface area contributed by atoms with E-state index in [9.17, 15) is 4.79 Å². The number of amides is 1. The Labute approximate surface area is 115 Å². The maximum absolute atomic E-state index is 12.4. The smallest absolute Gasteiger partial charge is 0.225 e. The van der Waals surface area contributed by atoms with Gasteiger partial charge in [-0.1, -0.05) is 31.2 Å². The lowest BCUT2D eigenvalue weighted by molar-refractivity contribution is -0.135. The highest BCUT2D eigenvalue weighted by molar-refractivity contribution is 5.78. The van der Waals surface area contributed by atoms with E-state index in [1.165, 1.54) is 11.1 Å². The first-order valence-corrected chi connectivity index (χ1v) is 7.28. The van der Waals surface area contributed by atoms with Gasteiger partial charge in [0.1, 0.15) is 0 Å². The molecule has 1 heterocycles. The van der Waals surface area contributed by atoms with Crippen LogP contribution in [0, 0.1) is 5.92 Å². The molecule has 2 rings (SSSR count). The van der Waals surface area contributed by atoms with Crippen molar-refractivity contribution in [3.8, 4) is 0 Å². The highest BCUT2D eigenvalue weighted by Crippen LogP contribution is 2.18. The quantitative estimate of drug-likeness (QED) is 0.900. The van der Waals surface area contributed by atoms with Gasteiger partial charge in [-0.2, -0.15) is 0 Å². The molecule has 3 heteroatoms. The zero-order chi connectivity index (χ0) is 13.7. The van der Waals surface area contributed by atoms with Crippen molar-refractivity contribution in [2.45, 2.75) is 32.6 Å². The molecule has 0 aliphatic carbocycles. The Morgan fingerprint density at radius 3 is 2.37 bits per heavy atom. The van der Waals surface area contributed by atoms with Crippen LogP contribution in [-0.4, -0.2) is 30.4 Å². The van der Waals surface area contributed by atoms with Gasteiger partial charge < -0.3 is 10.6 Å². The lowest BCUT2D eigenvalue weighted by Gasteiger charge is -2.24. The van der Waals surface area contributed by atoms with Crippen LogP contribution >= 0.6 is 0 Å². The SMILES string of the molecule is CC(CCCN)C(=O)N1CCc2ccccc2CC1. The van der Waals surface area contributed by atoms with E-state index in [0.29, 0.717) is 12.5 Å². The zero-order valence-corrected chi connectivity index (χ0v) is 11.8. The second-order valence-corrected chi connectivity index (χ2v) is 5.43. The fraction of sp³-hybridized carbons (Fsp3) is 0.562. The Kier molecular flexibility index (Phi) is 4.97. The Balaban J connectivity index is 1.95. The van der Waals surface area contributed by atoms with Crippen LogP contribution in [0.15, 0.2) is 24.3 Å². The highest BCUT2D eigenvalue weighted by Gasteiger charge is 2.22. The molecule has 2 N–H and O–H groups in total. The number of carbonyl (C=O) groups is 1. The normalized spacial score (nSPS) is 16.6. The molecule has 0 spiro atoms. The van der Waals surface area contributed by atoms with Gasteiger partial charge in [-0.3, -0.25) is 4.79 Å². The van der Waals surface area contributed by atoms with E-state index in [1.54, 1.807) is 0 Å². The summed E-state index contributed by atoms with van der Waals surface area (Å²) >= 11 is 0. The summed E-state index contributed by atoms with van der Waals surface area (Å²) in [4.78, 5) is 14.4. The summed E-state index contributed by atoms with van der Waals surface area (Å²) < 4.78 is 0. The first-order valence-electron chi connectivity index (χ1n) is 7.28. The summed E-state index contributed by atoms with van der Waals surface area (Å²) in [7, 11) is 0. The minimum atomic E-state index is 0.102. The Bertz CT molecular complexity index is 404. The standard InChI is InChI=1S/C16H24N2O/c1-13(5-4-10-17)16(19)18-11-8-14-6-2-3-7-15(14)9-12-18/h2-3,6-7,13H,4-5,8-12,17H2,1H3. The fourth-order valence-corrected chi connectivity index (χ4v) is 2.75. The number of nitrogens with zero attached hydrogens (tertiary/aromatic N) is 1. The van der Waals surface area contributed by atoms with Crippen LogP contribution in [0.5, 0.6) is 0 Å². The molecular weight excluding hydrogens is 236 g/mol. The van der Waals surface area contributed by atoms with Gasteiger partial charge in [0.2, 0.25) is 5.91 Å². The molecule has 1 amide bonds. The van der Waals surface area contributed by atoms with Crippen LogP contribution in [0.4, 0.5) is 0 Å². The minimum Gasteiger partial charge on any atom is -0.342 e. The third-order valence-corrected chi connectivity index (χ3v) is 4.00. The molecule has 19 heavy (non-hydrogen) atoms. The van der Waals surface area contributed by atoms with Crippen LogP contribution in [0.25, 0.3) is 0 Å². The van der Waals surface area contributed by atoms with Crippen LogP contribution in [-0.2, 0) is 17.6 Å². The summed E-state index contributed by atoms with van der Waals surface area (Å²) in [6.07, 6.45) is 3.79. The van der Waals surface area contributed by atoms with Crippen molar-refractivity contribution >= 4 is 5.91 Å². The van der Waals surface area contributed by atoms with Crippen molar-refractivity contribution in [1.29, 1.82) is 0 Å². The molecular formula is C16H24N2O. The Hall–Kier alpha value is -1.35. The predicted octanol–water partition coefficient (Wildman–Crippen LogP) is 1.99. The number of carbonyl (C=O) groups excluding carboxylic acids is 1. The fourth-order valence-electron chi connectivity index (χ4n) is 2.75. The van der Waals surface area contributed by atoms with Crippen LogP contribution in [0.1, 0.15) is 30.9 Å². The number of hydrogen-bond donors (Lipinski definition) is 1. The molecule has 1 atom stereocenters. The van der Waals surface area contributed by atoms with Gasteiger partial charge in [-0.05, 0) is 43.4 Å². The minimum absolute atomic E-state index is 0.102. The monoisotopic (exact) mass is 260 g/mol. The van der Waals surface area contributed by atoms with Gasteiger partial charge in [0, 0.05) is 19.0 Å². The van der Waals surface area contributed by atoms with Crippen molar-refractivity contribution in [3.63, 3.8) is 0 Å². The number of rotatable bonds is 4. The molecule has 1 aromatic rings. The molecule has 0 aromatic heterocycles. The van der Waals surface area contributed by atoms with Crippen molar-refractivity contribution in [1.82, 2.24) is 4.90 Å². The second kappa shape index (κ2) is 6.71. The molecule has 0 fully saturated rings. The van der Waals surface area contributed by atoms with Gasteiger partial charge >= 0.3 is 0 Å². The summed E-state index contributed by atoms with van der Waals surface area (Å²) in [5.74, 6) is 0.394. The van der Waals surface area contributed by atoms with Gasteiger partial charge in [0.15, 0.2) is 0 Å². The van der Waals surface area contributed by atoms with Crippen molar-refractivity contribution in [2.24, 2.45) is 11.7 Å². The van der Waals surface area contributed by atoms with E-state index in [-0.39, 0.29) is 5.92 Å². The molecule has 0 saturated heterocycles. The second-order valence-electron chi connectivity index (χ2n) is 5.43. The lowest BCUT2D eigenvalue weighted by Crippen LogP contribution is -2.37. The summed E-state index contributed by atoms with van der Waals surface area (Å²) in [6.45, 7) is 4.39. The summed E-state index contributed by atoms with van der Waals surface area (Å²) in [6, 6.07) is 8.53. The largest absolute Gasteiger partial charge is 0.342 e. The first-order chi connectivity index (χ1) is 9.22.